The van der Waals surface area contributed by atoms with E-state index in [0.717, 1.165) is 24.3 Å². The summed E-state index contributed by atoms with van der Waals surface area (Å²) >= 11 is 1.41. The van der Waals surface area contributed by atoms with Gasteiger partial charge in [-0.15, -0.1) is 10.2 Å². The molecule has 0 fully saturated rings. The standard InChI is InChI=1S/C15H19N3O2S/c1-3-6-13-17-18-15(21-13)16-14(19)11-7-5-8-12(10-11)20-9-4-2/h5,7-8,10H,3-4,6,9H2,1-2H3,(H,16,18,19). The van der Waals surface area contributed by atoms with Gasteiger partial charge in [-0.05, 0) is 31.0 Å². The Hall–Kier alpha value is -1.95. The fourth-order valence-corrected chi connectivity index (χ4v) is 2.57. The van der Waals surface area contributed by atoms with Crippen molar-refractivity contribution < 1.29 is 9.53 Å². The molecule has 1 amide bonds. The van der Waals surface area contributed by atoms with Gasteiger partial charge in [0.15, 0.2) is 0 Å². The molecule has 0 spiro atoms. The highest BCUT2D eigenvalue weighted by atomic mass is 32.1. The first-order valence-electron chi connectivity index (χ1n) is 7.09. The van der Waals surface area contributed by atoms with Crippen LogP contribution in [0, 0.1) is 0 Å². The Labute approximate surface area is 128 Å². The van der Waals surface area contributed by atoms with Gasteiger partial charge in [0.2, 0.25) is 5.13 Å². The van der Waals surface area contributed by atoms with Crippen LogP contribution >= 0.6 is 11.3 Å². The van der Waals surface area contributed by atoms with Crippen molar-refractivity contribution in [3.8, 4) is 5.75 Å². The molecular weight excluding hydrogens is 286 g/mol. The molecule has 0 saturated heterocycles. The number of aromatic nitrogens is 2. The number of benzene rings is 1. The highest BCUT2D eigenvalue weighted by Crippen LogP contribution is 2.19. The predicted octanol–water partition coefficient (Wildman–Crippen LogP) is 3.53. The number of amides is 1. The van der Waals surface area contributed by atoms with Gasteiger partial charge in [0.25, 0.3) is 5.91 Å². The molecule has 6 heteroatoms. The number of nitrogens with one attached hydrogen (secondary N) is 1. The molecule has 0 unspecified atom stereocenters. The molecule has 2 rings (SSSR count). The number of ether oxygens (including phenoxy) is 1. The third kappa shape index (κ3) is 4.53. The molecule has 0 aliphatic carbocycles. The number of anilines is 1. The molecular formula is C15H19N3O2S. The molecule has 112 valence electrons. The van der Waals surface area contributed by atoms with Gasteiger partial charge < -0.3 is 4.74 Å². The van der Waals surface area contributed by atoms with E-state index in [1.807, 2.05) is 19.1 Å². The van der Waals surface area contributed by atoms with Gasteiger partial charge in [-0.3, -0.25) is 10.1 Å². The van der Waals surface area contributed by atoms with E-state index < -0.39 is 0 Å². The maximum absolute atomic E-state index is 12.2. The van der Waals surface area contributed by atoms with Crippen molar-refractivity contribution in [1.29, 1.82) is 0 Å². The quantitative estimate of drug-likeness (QED) is 0.850. The van der Waals surface area contributed by atoms with Crippen molar-refractivity contribution in [1.82, 2.24) is 10.2 Å². The van der Waals surface area contributed by atoms with Crippen LogP contribution in [0.1, 0.15) is 42.1 Å². The number of hydrogen-bond donors (Lipinski definition) is 1. The lowest BCUT2D eigenvalue weighted by Gasteiger charge is -2.06. The molecule has 0 aliphatic rings. The number of nitrogens with zero attached hydrogens (tertiary/aromatic N) is 2. The van der Waals surface area contributed by atoms with Crippen molar-refractivity contribution in [2.45, 2.75) is 33.1 Å². The minimum Gasteiger partial charge on any atom is -0.494 e. The molecule has 0 bridgehead atoms. The molecule has 21 heavy (non-hydrogen) atoms. The minimum absolute atomic E-state index is 0.198. The zero-order valence-electron chi connectivity index (χ0n) is 12.3. The highest BCUT2D eigenvalue weighted by molar-refractivity contribution is 7.15. The van der Waals surface area contributed by atoms with E-state index in [9.17, 15) is 4.79 Å². The number of hydrogen-bond acceptors (Lipinski definition) is 5. The molecule has 0 radical (unpaired) electrons. The van der Waals surface area contributed by atoms with E-state index in [-0.39, 0.29) is 5.91 Å². The lowest BCUT2D eigenvalue weighted by molar-refractivity contribution is 0.102. The Morgan fingerprint density at radius 1 is 1.29 bits per heavy atom. The monoisotopic (exact) mass is 305 g/mol. The highest BCUT2D eigenvalue weighted by Gasteiger charge is 2.10. The molecule has 1 N–H and O–H groups in total. The van der Waals surface area contributed by atoms with Gasteiger partial charge >= 0.3 is 0 Å². The third-order valence-electron chi connectivity index (χ3n) is 2.72. The zero-order chi connectivity index (χ0) is 15.1. The van der Waals surface area contributed by atoms with Gasteiger partial charge in [0.1, 0.15) is 10.8 Å². The second-order valence-electron chi connectivity index (χ2n) is 4.58. The van der Waals surface area contributed by atoms with Gasteiger partial charge in [-0.25, -0.2) is 0 Å². The lowest BCUT2D eigenvalue weighted by atomic mass is 10.2. The summed E-state index contributed by atoms with van der Waals surface area (Å²) in [5.41, 5.74) is 0.552. The number of aryl methyl sites for hydroxylation is 1. The molecule has 2 aromatic rings. The summed E-state index contributed by atoms with van der Waals surface area (Å²) in [6, 6.07) is 7.14. The normalized spacial score (nSPS) is 10.4. The second-order valence-corrected chi connectivity index (χ2v) is 5.64. The Balaban J connectivity index is 2.01. The van der Waals surface area contributed by atoms with E-state index in [0.29, 0.717) is 23.1 Å². The van der Waals surface area contributed by atoms with Crippen LogP contribution in [0.25, 0.3) is 0 Å². The van der Waals surface area contributed by atoms with Crippen molar-refractivity contribution in [3.05, 3.63) is 34.8 Å². The van der Waals surface area contributed by atoms with E-state index >= 15 is 0 Å². The van der Waals surface area contributed by atoms with E-state index in [4.69, 9.17) is 4.74 Å². The first-order chi connectivity index (χ1) is 10.2. The Morgan fingerprint density at radius 3 is 2.90 bits per heavy atom. The Bertz CT molecular complexity index is 598. The van der Waals surface area contributed by atoms with Crippen LogP contribution in [-0.2, 0) is 6.42 Å². The van der Waals surface area contributed by atoms with Gasteiger partial charge in [0.05, 0.1) is 6.61 Å². The molecule has 5 nitrogen and oxygen atoms in total. The average Bonchev–Trinajstić information content (AvgIpc) is 2.93. The summed E-state index contributed by atoms with van der Waals surface area (Å²) in [4.78, 5) is 12.2. The summed E-state index contributed by atoms with van der Waals surface area (Å²) in [6.45, 7) is 4.77. The van der Waals surface area contributed by atoms with Gasteiger partial charge in [-0.2, -0.15) is 0 Å². The van der Waals surface area contributed by atoms with Crippen LogP contribution in [0.2, 0.25) is 0 Å². The lowest BCUT2D eigenvalue weighted by Crippen LogP contribution is -2.11. The number of rotatable bonds is 7. The summed E-state index contributed by atoms with van der Waals surface area (Å²) in [6.07, 6.45) is 2.83. The van der Waals surface area contributed by atoms with Crippen LogP contribution in [0.3, 0.4) is 0 Å². The summed E-state index contributed by atoms with van der Waals surface area (Å²) in [5, 5.41) is 12.3. The van der Waals surface area contributed by atoms with Crippen molar-refractivity contribution in [2.75, 3.05) is 11.9 Å². The summed E-state index contributed by atoms with van der Waals surface area (Å²) in [5.74, 6) is 0.504. The molecule has 1 heterocycles. The van der Waals surface area contributed by atoms with Gasteiger partial charge in [0, 0.05) is 12.0 Å². The SMILES string of the molecule is CCCOc1cccc(C(=O)Nc2nnc(CCC)s2)c1. The predicted molar refractivity (Wildman–Crippen MR) is 84.1 cm³/mol. The summed E-state index contributed by atoms with van der Waals surface area (Å²) in [7, 11) is 0. The smallest absolute Gasteiger partial charge is 0.257 e. The van der Waals surface area contributed by atoms with Crippen LogP contribution in [0.15, 0.2) is 24.3 Å². The fourth-order valence-electron chi connectivity index (χ4n) is 1.74. The van der Waals surface area contributed by atoms with E-state index in [2.05, 4.69) is 22.4 Å². The van der Waals surface area contributed by atoms with E-state index in [1.54, 1.807) is 12.1 Å². The first kappa shape index (κ1) is 15.4. The third-order valence-corrected chi connectivity index (χ3v) is 3.62. The molecule has 1 aromatic heterocycles. The number of carbonyl (C=O) groups is 1. The molecule has 0 saturated carbocycles. The minimum atomic E-state index is -0.198. The van der Waals surface area contributed by atoms with E-state index in [1.165, 1.54) is 11.3 Å². The molecule has 0 atom stereocenters. The fraction of sp³-hybridized carbons (Fsp3) is 0.400. The maximum Gasteiger partial charge on any atom is 0.257 e. The zero-order valence-corrected chi connectivity index (χ0v) is 13.1. The Kier molecular flexibility index (Phi) is 5.68. The van der Waals surface area contributed by atoms with Crippen LogP contribution in [0.5, 0.6) is 5.75 Å². The Morgan fingerprint density at radius 2 is 2.14 bits per heavy atom. The van der Waals surface area contributed by atoms with Crippen LogP contribution in [0.4, 0.5) is 5.13 Å². The summed E-state index contributed by atoms with van der Waals surface area (Å²) < 4.78 is 5.53. The topological polar surface area (TPSA) is 64.1 Å². The van der Waals surface area contributed by atoms with Crippen molar-refractivity contribution >= 4 is 22.4 Å². The van der Waals surface area contributed by atoms with Crippen LogP contribution < -0.4 is 10.1 Å². The van der Waals surface area contributed by atoms with Crippen molar-refractivity contribution in [3.63, 3.8) is 0 Å². The average molecular weight is 305 g/mol. The molecule has 1 aromatic carbocycles. The number of carbonyl (C=O) groups excluding carboxylic acids is 1. The largest absolute Gasteiger partial charge is 0.494 e. The maximum atomic E-state index is 12.2. The van der Waals surface area contributed by atoms with Gasteiger partial charge in [-0.1, -0.05) is 31.3 Å². The van der Waals surface area contributed by atoms with Crippen LogP contribution in [-0.4, -0.2) is 22.7 Å². The van der Waals surface area contributed by atoms with Crippen molar-refractivity contribution in [2.24, 2.45) is 0 Å². The molecule has 0 aliphatic heterocycles. The first-order valence-corrected chi connectivity index (χ1v) is 7.91. The second kappa shape index (κ2) is 7.73.